The molecule has 12 nitrogen and oxygen atoms in total. The van der Waals surface area contributed by atoms with Crippen molar-refractivity contribution in [1.82, 2.24) is 29.4 Å². The normalized spacial score (nSPS) is 17.6. The second-order valence-electron chi connectivity index (χ2n) is 16.0. The summed E-state index contributed by atoms with van der Waals surface area (Å²) in [7, 11) is 3.36. The number of hydrogen-bond donors (Lipinski definition) is 0. The highest BCUT2D eigenvalue weighted by molar-refractivity contribution is 7.99. The van der Waals surface area contributed by atoms with Gasteiger partial charge in [0.15, 0.2) is 5.11 Å². The van der Waals surface area contributed by atoms with Crippen LogP contribution in [-0.2, 0) is 22.6 Å². The van der Waals surface area contributed by atoms with Crippen molar-refractivity contribution in [3.8, 4) is 11.5 Å². The standard InChI is InChI=1S/C20H29N3O4S.C20H29N3O2S3/c1-20(2,3)27-19(25)22-9-7-21(8-10-22)18(24)23-11-12-28-17-6-5-16(26-4)13-15(17)14-23;1-20(2,3)25-19(27)22-9-7-21(8-10-22)18(26)23-11-12-28-17-6-5-16(24-4)13-15(17)14-23/h2*5-6,13H,7-12,14H2,1-4H3. The minimum atomic E-state index is -0.512. The summed E-state index contributed by atoms with van der Waals surface area (Å²) in [5, 5.41) is 1.52. The van der Waals surface area contributed by atoms with E-state index in [1.165, 1.54) is 15.4 Å². The molecule has 6 rings (SSSR count). The number of urea groups is 1. The molecule has 2 fully saturated rings. The summed E-state index contributed by atoms with van der Waals surface area (Å²) in [5.41, 5.74) is 1.62. The number of fused-ring (bicyclic) bond motifs is 2. The molecule has 0 aliphatic carbocycles. The maximum atomic E-state index is 13.1. The largest absolute Gasteiger partial charge is 0.497 e. The monoisotopic (exact) mass is 846 g/mol. The summed E-state index contributed by atoms with van der Waals surface area (Å²) < 4.78 is 22.0. The maximum Gasteiger partial charge on any atom is 0.410 e. The molecular formula is C40H58N6O6S4. The number of amides is 3. The summed E-state index contributed by atoms with van der Waals surface area (Å²) >= 11 is 15.0. The zero-order valence-electron chi connectivity index (χ0n) is 34.1. The van der Waals surface area contributed by atoms with Crippen molar-refractivity contribution in [2.24, 2.45) is 0 Å². The van der Waals surface area contributed by atoms with Crippen molar-refractivity contribution >= 4 is 70.4 Å². The van der Waals surface area contributed by atoms with Gasteiger partial charge in [0.1, 0.15) is 22.7 Å². The fourth-order valence-electron chi connectivity index (χ4n) is 6.54. The van der Waals surface area contributed by atoms with Gasteiger partial charge in [-0.3, -0.25) is 0 Å². The number of benzene rings is 2. The number of nitrogens with zero attached hydrogens (tertiary/aromatic N) is 6. The quantitative estimate of drug-likeness (QED) is 0.295. The Morgan fingerprint density at radius 3 is 1.52 bits per heavy atom. The summed E-state index contributed by atoms with van der Waals surface area (Å²) in [6, 6.07) is 12.4. The molecule has 0 N–H and O–H groups in total. The average Bonchev–Trinajstić information content (AvgIpc) is 3.52. The molecule has 0 radical (unpaired) electrons. The van der Waals surface area contributed by atoms with E-state index in [1.54, 1.807) is 30.9 Å². The lowest BCUT2D eigenvalue weighted by atomic mass is 10.2. The lowest BCUT2D eigenvalue weighted by molar-refractivity contribution is 0.0157. The van der Waals surface area contributed by atoms with E-state index >= 15 is 0 Å². The van der Waals surface area contributed by atoms with Gasteiger partial charge in [-0.05, 0) is 114 Å². The first kappa shape index (κ1) is 43.8. The number of piperazine rings is 2. The van der Waals surface area contributed by atoms with Crippen molar-refractivity contribution < 1.29 is 28.5 Å². The molecule has 0 bridgehead atoms. The molecule has 56 heavy (non-hydrogen) atoms. The molecule has 0 spiro atoms. The first-order chi connectivity index (χ1) is 26.5. The Bertz CT molecular complexity index is 1580. The molecule has 3 amide bonds. The zero-order valence-corrected chi connectivity index (χ0v) is 37.4. The molecule has 2 aromatic rings. The van der Waals surface area contributed by atoms with E-state index in [-0.39, 0.29) is 17.7 Å². The lowest BCUT2D eigenvalue weighted by Gasteiger charge is -2.40. The molecule has 0 aromatic heterocycles. The first-order valence-corrected chi connectivity index (χ1v) is 22.0. The van der Waals surface area contributed by atoms with Crippen LogP contribution in [0.3, 0.4) is 0 Å². The van der Waals surface area contributed by atoms with Crippen molar-refractivity contribution in [1.29, 1.82) is 0 Å². The van der Waals surface area contributed by atoms with E-state index in [0.717, 1.165) is 72.9 Å². The van der Waals surface area contributed by atoms with Crippen molar-refractivity contribution in [2.75, 3.05) is 91.2 Å². The maximum absolute atomic E-state index is 13.1. The molecule has 0 atom stereocenters. The number of thioether (sulfide) groups is 2. The topological polar surface area (TPSA) is 90.5 Å². The van der Waals surface area contributed by atoms with Crippen LogP contribution in [0.1, 0.15) is 52.7 Å². The van der Waals surface area contributed by atoms with Gasteiger partial charge in [-0.25, -0.2) is 9.59 Å². The summed E-state index contributed by atoms with van der Waals surface area (Å²) in [6.45, 7) is 20.1. The smallest absolute Gasteiger partial charge is 0.410 e. The Morgan fingerprint density at radius 1 is 0.571 bits per heavy atom. The van der Waals surface area contributed by atoms with Gasteiger partial charge in [0.05, 0.1) is 14.2 Å². The Kier molecular flexibility index (Phi) is 15.2. The number of methoxy groups -OCH3 is 2. The molecule has 16 heteroatoms. The summed E-state index contributed by atoms with van der Waals surface area (Å²) in [5.74, 6) is 3.60. The predicted molar refractivity (Wildman–Crippen MR) is 232 cm³/mol. The van der Waals surface area contributed by atoms with E-state index in [1.807, 2.05) is 81.3 Å². The van der Waals surface area contributed by atoms with Crippen LogP contribution in [0.4, 0.5) is 9.59 Å². The summed E-state index contributed by atoms with van der Waals surface area (Å²) in [6.07, 6.45) is -0.313. The SMILES string of the molecule is COc1ccc2c(c1)CN(C(=O)N1CCN(C(=O)OC(C)(C)C)CC1)CCS2.COc1ccc2c(c1)CN(C(=S)N1CCN(C(=S)OC(C)(C)C)CC1)CCS2. The summed E-state index contributed by atoms with van der Waals surface area (Å²) in [4.78, 5) is 39.9. The Balaban J connectivity index is 0.000000214. The minimum absolute atomic E-state index is 0.0279. The van der Waals surface area contributed by atoms with Gasteiger partial charge >= 0.3 is 12.1 Å². The fraction of sp³-hybridized carbons (Fsp3) is 0.600. The van der Waals surface area contributed by atoms with Crippen LogP contribution in [0.25, 0.3) is 0 Å². The van der Waals surface area contributed by atoms with E-state index in [0.29, 0.717) is 44.4 Å². The van der Waals surface area contributed by atoms with Crippen LogP contribution in [-0.4, -0.2) is 154 Å². The first-order valence-electron chi connectivity index (χ1n) is 19.2. The van der Waals surface area contributed by atoms with Crippen molar-refractivity contribution in [3.05, 3.63) is 47.5 Å². The number of hydrogen-bond acceptors (Lipinski definition) is 10. The third-order valence-corrected chi connectivity index (χ3v) is 12.5. The van der Waals surface area contributed by atoms with Crippen LogP contribution in [0, 0.1) is 0 Å². The van der Waals surface area contributed by atoms with Crippen molar-refractivity contribution in [3.63, 3.8) is 0 Å². The molecule has 4 aliphatic rings. The Morgan fingerprint density at radius 2 is 1.02 bits per heavy atom. The van der Waals surface area contributed by atoms with Gasteiger partial charge in [0.25, 0.3) is 5.17 Å². The molecule has 4 aliphatic heterocycles. The van der Waals surface area contributed by atoms with E-state index in [4.69, 9.17) is 43.4 Å². The minimum Gasteiger partial charge on any atom is -0.497 e. The average molecular weight is 847 g/mol. The van der Waals surface area contributed by atoms with Gasteiger partial charge in [0, 0.05) is 99.8 Å². The molecule has 2 aromatic carbocycles. The second-order valence-corrected chi connectivity index (χ2v) is 18.9. The van der Waals surface area contributed by atoms with Gasteiger partial charge < -0.3 is 48.3 Å². The molecule has 0 unspecified atom stereocenters. The predicted octanol–water partition coefficient (Wildman–Crippen LogP) is 6.88. The molecule has 2 saturated heterocycles. The van der Waals surface area contributed by atoms with Gasteiger partial charge in [-0.15, -0.1) is 23.5 Å². The zero-order chi connectivity index (χ0) is 40.6. The van der Waals surface area contributed by atoms with Gasteiger partial charge in [-0.2, -0.15) is 0 Å². The van der Waals surface area contributed by atoms with Gasteiger partial charge in [0.2, 0.25) is 0 Å². The third-order valence-electron chi connectivity index (χ3n) is 9.44. The molecule has 4 heterocycles. The molecular weight excluding hydrogens is 789 g/mol. The second kappa shape index (κ2) is 19.4. The Hall–Kier alpha value is -3.34. The molecule has 308 valence electrons. The van der Waals surface area contributed by atoms with Gasteiger partial charge in [-0.1, -0.05) is 0 Å². The number of ether oxygens (including phenoxy) is 4. The van der Waals surface area contributed by atoms with E-state index in [9.17, 15) is 9.59 Å². The van der Waals surface area contributed by atoms with Crippen LogP contribution >= 0.6 is 48.0 Å². The highest BCUT2D eigenvalue weighted by Gasteiger charge is 2.31. The lowest BCUT2D eigenvalue weighted by Crippen LogP contribution is -2.54. The number of carbonyl (C=O) groups excluding carboxylic acids is 2. The highest BCUT2D eigenvalue weighted by atomic mass is 32.2. The highest BCUT2D eigenvalue weighted by Crippen LogP contribution is 2.32. The van der Waals surface area contributed by atoms with Crippen LogP contribution < -0.4 is 9.47 Å². The Labute approximate surface area is 352 Å². The van der Waals surface area contributed by atoms with Crippen LogP contribution in [0.2, 0.25) is 0 Å². The fourth-order valence-corrected chi connectivity index (χ4v) is 9.32. The van der Waals surface area contributed by atoms with E-state index in [2.05, 4.69) is 32.9 Å². The number of thiocarbonyl (C=S) groups is 2. The molecule has 0 saturated carbocycles. The van der Waals surface area contributed by atoms with Crippen molar-refractivity contribution in [2.45, 2.75) is 75.6 Å². The number of rotatable bonds is 2. The van der Waals surface area contributed by atoms with Crippen LogP contribution in [0.5, 0.6) is 11.5 Å². The third kappa shape index (κ3) is 12.3. The number of carbonyl (C=O) groups is 2. The van der Waals surface area contributed by atoms with Crippen LogP contribution in [0.15, 0.2) is 46.2 Å². The van der Waals surface area contributed by atoms with E-state index < -0.39 is 5.60 Å².